The summed E-state index contributed by atoms with van der Waals surface area (Å²) in [5, 5.41) is 18.6. The maximum atomic E-state index is 11.5. The Bertz CT molecular complexity index is 724. The number of hydrogen-bond donors (Lipinski definition) is 2. The molecule has 0 unspecified atom stereocenters. The maximum Gasteiger partial charge on any atom is 0.337 e. The number of benzene rings is 2. The minimum atomic E-state index is -1.25. The highest BCUT2D eigenvalue weighted by molar-refractivity contribution is 6.06. The molecule has 2 aromatic rings. The molecule has 0 atom stereocenters. The van der Waals surface area contributed by atoms with Crippen LogP contribution >= 0.6 is 0 Å². The van der Waals surface area contributed by atoms with Crippen LogP contribution in [-0.4, -0.2) is 22.2 Å². The number of hydrogen-bond acceptors (Lipinski definition) is 2. The summed E-state index contributed by atoms with van der Waals surface area (Å²) in [7, 11) is 0. The molecule has 20 heavy (non-hydrogen) atoms. The van der Waals surface area contributed by atoms with Gasteiger partial charge < -0.3 is 10.2 Å². The highest BCUT2D eigenvalue weighted by atomic mass is 16.4. The Morgan fingerprint density at radius 3 is 2.10 bits per heavy atom. The highest BCUT2D eigenvalue weighted by Gasteiger charge is 2.22. The van der Waals surface area contributed by atoms with Gasteiger partial charge in [0, 0.05) is 11.1 Å². The van der Waals surface area contributed by atoms with E-state index in [1.165, 1.54) is 12.1 Å². The molecule has 0 bridgehead atoms. The van der Waals surface area contributed by atoms with E-state index in [-0.39, 0.29) is 22.3 Å². The van der Waals surface area contributed by atoms with E-state index in [0.717, 1.165) is 0 Å². The van der Waals surface area contributed by atoms with Gasteiger partial charge in [-0.1, -0.05) is 36.3 Å². The van der Waals surface area contributed by atoms with Crippen LogP contribution in [-0.2, 0) is 0 Å². The van der Waals surface area contributed by atoms with Crippen LogP contribution in [0.1, 0.15) is 26.3 Å². The summed E-state index contributed by atoms with van der Waals surface area (Å²) in [4.78, 5) is 22.8. The molecule has 0 aliphatic heterocycles. The van der Waals surface area contributed by atoms with Crippen molar-refractivity contribution in [3.8, 4) is 23.5 Å². The van der Waals surface area contributed by atoms with Crippen LogP contribution in [0.2, 0.25) is 0 Å². The quantitative estimate of drug-likeness (QED) is 0.838. The zero-order chi connectivity index (χ0) is 14.7. The van der Waals surface area contributed by atoms with Crippen molar-refractivity contribution >= 4 is 11.9 Å². The molecule has 0 aliphatic rings. The largest absolute Gasteiger partial charge is 0.478 e. The molecular formula is C16H10O4. The van der Waals surface area contributed by atoms with Gasteiger partial charge in [0.1, 0.15) is 0 Å². The Morgan fingerprint density at radius 2 is 1.60 bits per heavy atom. The van der Waals surface area contributed by atoms with Gasteiger partial charge in [0.05, 0.1) is 11.1 Å². The normalized spacial score (nSPS) is 9.75. The van der Waals surface area contributed by atoms with Crippen molar-refractivity contribution in [1.29, 1.82) is 0 Å². The number of aromatic carboxylic acids is 2. The molecule has 0 saturated carbocycles. The summed E-state index contributed by atoms with van der Waals surface area (Å²) < 4.78 is 0. The van der Waals surface area contributed by atoms with Crippen LogP contribution in [0.3, 0.4) is 0 Å². The van der Waals surface area contributed by atoms with Crippen LogP contribution in [0, 0.1) is 12.3 Å². The molecule has 0 spiro atoms. The molecule has 0 aromatic heterocycles. The average Bonchev–Trinajstić information content (AvgIpc) is 2.46. The third-order valence-corrected chi connectivity index (χ3v) is 2.87. The van der Waals surface area contributed by atoms with Gasteiger partial charge in [-0.3, -0.25) is 0 Å². The average molecular weight is 266 g/mol. The topological polar surface area (TPSA) is 74.6 Å². The highest BCUT2D eigenvalue weighted by Crippen LogP contribution is 2.30. The monoisotopic (exact) mass is 266 g/mol. The van der Waals surface area contributed by atoms with Crippen LogP contribution < -0.4 is 0 Å². The number of carbonyl (C=O) groups is 2. The summed E-state index contributed by atoms with van der Waals surface area (Å²) in [5.41, 5.74) is 0.521. The van der Waals surface area contributed by atoms with E-state index in [1.54, 1.807) is 30.3 Å². The molecule has 4 heteroatoms. The third kappa shape index (κ3) is 2.25. The first-order valence-corrected chi connectivity index (χ1v) is 5.72. The van der Waals surface area contributed by atoms with Gasteiger partial charge in [-0.05, 0) is 17.7 Å². The predicted octanol–water partition coefficient (Wildman–Crippen LogP) is 2.73. The van der Waals surface area contributed by atoms with E-state index in [2.05, 4.69) is 5.92 Å². The van der Waals surface area contributed by atoms with Gasteiger partial charge in [0.2, 0.25) is 0 Å². The molecule has 0 heterocycles. The van der Waals surface area contributed by atoms with Crippen molar-refractivity contribution in [2.24, 2.45) is 0 Å². The van der Waals surface area contributed by atoms with Crippen LogP contribution in [0.4, 0.5) is 0 Å². The van der Waals surface area contributed by atoms with Crippen LogP contribution in [0.5, 0.6) is 0 Å². The molecule has 4 nitrogen and oxygen atoms in total. The fourth-order valence-electron chi connectivity index (χ4n) is 2.03. The standard InChI is InChI=1S/C16H10O4/c1-2-10-8-9-12(15(17)18)13(14(10)16(19)20)11-6-4-3-5-7-11/h1,3-9H,(H,17,18)(H,19,20). The van der Waals surface area contributed by atoms with Crippen LogP contribution in [0.15, 0.2) is 42.5 Å². The molecule has 0 amide bonds. The van der Waals surface area contributed by atoms with Gasteiger partial charge in [-0.25, -0.2) is 9.59 Å². The first kappa shape index (κ1) is 13.4. The second kappa shape index (κ2) is 5.29. The third-order valence-electron chi connectivity index (χ3n) is 2.87. The van der Waals surface area contributed by atoms with Gasteiger partial charge in [-0.15, -0.1) is 6.42 Å². The van der Waals surface area contributed by atoms with E-state index in [4.69, 9.17) is 6.42 Å². The van der Waals surface area contributed by atoms with Gasteiger partial charge >= 0.3 is 11.9 Å². The fraction of sp³-hybridized carbons (Fsp3) is 0. The number of rotatable bonds is 3. The van der Waals surface area contributed by atoms with Gasteiger partial charge in [0.15, 0.2) is 0 Å². The Balaban J connectivity index is 2.90. The maximum absolute atomic E-state index is 11.5. The summed E-state index contributed by atoms with van der Waals surface area (Å²) in [5.74, 6) is -0.170. The van der Waals surface area contributed by atoms with Crippen molar-refractivity contribution in [2.75, 3.05) is 0 Å². The Kier molecular flexibility index (Phi) is 3.54. The van der Waals surface area contributed by atoms with Crippen molar-refractivity contribution in [2.45, 2.75) is 0 Å². The second-order valence-electron chi connectivity index (χ2n) is 4.03. The van der Waals surface area contributed by atoms with E-state index in [0.29, 0.717) is 5.56 Å². The predicted molar refractivity (Wildman–Crippen MR) is 73.7 cm³/mol. The molecule has 0 fully saturated rings. The lowest BCUT2D eigenvalue weighted by atomic mass is 9.91. The molecule has 2 N–H and O–H groups in total. The second-order valence-corrected chi connectivity index (χ2v) is 4.03. The van der Waals surface area contributed by atoms with E-state index >= 15 is 0 Å². The Hall–Kier alpha value is -3.06. The summed E-state index contributed by atoms with van der Waals surface area (Å²) in [6.07, 6.45) is 5.30. The summed E-state index contributed by atoms with van der Waals surface area (Å²) in [6.45, 7) is 0. The fourth-order valence-corrected chi connectivity index (χ4v) is 2.03. The summed E-state index contributed by atoms with van der Waals surface area (Å²) >= 11 is 0. The van der Waals surface area contributed by atoms with Crippen molar-refractivity contribution in [3.05, 3.63) is 59.2 Å². The van der Waals surface area contributed by atoms with Gasteiger partial charge in [0.25, 0.3) is 0 Å². The number of terminal acetylenes is 1. The minimum absolute atomic E-state index is 0.0902. The first-order chi connectivity index (χ1) is 9.56. The van der Waals surface area contributed by atoms with E-state index < -0.39 is 11.9 Å². The van der Waals surface area contributed by atoms with E-state index in [1.807, 2.05) is 0 Å². The summed E-state index contributed by atoms with van der Waals surface area (Å²) in [6, 6.07) is 11.1. The Labute approximate surface area is 115 Å². The lowest BCUT2D eigenvalue weighted by Crippen LogP contribution is -2.09. The minimum Gasteiger partial charge on any atom is -0.478 e. The van der Waals surface area contributed by atoms with Crippen molar-refractivity contribution in [3.63, 3.8) is 0 Å². The molecule has 98 valence electrons. The van der Waals surface area contributed by atoms with Crippen LogP contribution in [0.25, 0.3) is 11.1 Å². The molecule has 0 saturated heterocycles. The lowest BCUT2D eigenvalue weighted by Gasteiger charge is -2.12. The number of carboxylic acids is 2. The van der Waals surface area contributed by atoms with Crippen molar-refractivity contribution < 1.29 is 19.8 Å². The number of carboxylic acid groups (broad SMARTS) is 2. The zero-order valence-electron chi connectivity index (χ0n) is 10.3. The SMILES string of the molecule is C#Cc1ccc(C(=O)O)c(-c2ccccc2)c1C(=O)O. The molecule has 2 rings (SSSR count). The Morgan fingerprint density at radius 1 is 0.950 bits per heavy atom. The zero-order valence-corrected chi connectivity index (χ0v) is 10.3. The lowest BCUT2D eigenvalue weighted by molar-refractivity contribution is 0.0695. The van der Waals surface area contributed by atoms with Gasteiger partial charge in [-0.2, -0.15) is 0 Å². The molecule has 0 radical (unpaired) electrons. The molecule has 2 aromatic carbocycles. The van der Waals surface area contributed by atoms with Crippen molar-refractivity contribution in [1.82, 2.24) is 0 Å². The molecular weight excluding hydrogens is 256 g/mol. The smallest absolute Gasteiger partial charge is 0.337 e. The van der Waals surface area contributed by atoms with E-state index in [9.17, 15) is 19.8 Å². The first-order valence-electron chi connectivity index (χ1n) is 5.72. The molecule has 0 aliphatic carbocycles.